The van der Waals surface area contributed by atoms with E-state index < -0.39 is 42.3 Å². The molecule has 3 unspecified atom stereocenters. The number of carbonyl (C=O) groups excluding carboxylic acids is 4. The first kappa shape index (κ1) is 34.1. The van der Waals surface area contributed by atoms with Crippen molar-refractivity contribution in [3.05, 3.63) is 120 Å². The molecule has 0 spiro atoms. The Labute approximate surface area is 270 Å². The summed E-state index contributed by atoms with van der Waals surface area (Å²) in [5.41, 5.74) is 2.66. The summed E-state index contributed by atoms with van der Waals surface area (Å²) in [4.78, 5) is 55.2. The Morgan fingerprint density at radius 3 is 2.13 bits per heavy atom. The lowest BCUT2D eigenvalue weighted by Gasteiger charge is -2.25. The summed E-state index contributed by atoms with van der Waals surface area (Å²) in [6.45, 7) is -0.234. The summed E-state index contributed by atoms with van der Waals surface area (Å²) in [5.74, 6) is -3.29. The van der Waals surface area contributed by atoms with Gasteiger partial charge >= 0.3 is 11.9 Å². The van der Waals surface area contributed by atoms with Gasteiger partial charge in [-0.25, -0.2) is 4.79 Å². The molecule has 9 heteroatoms. The molecule has 0 fully saturated rings. The summed E-state index contributed by atoms with van der Waals surface area (Å²) >= 11 is 0. The Bertz CT molecular complexity index is 1430. The number of amides is 2. The zero-order valence-electron chi connectivity index (χ0n) is 26.0. The normalized spacial score (nSPS) is 19.0. The zero-order chi connectivity index (χ0) is 32.6. The van der Waals surface area contributed by atoms with Crippen LogP contribution in [0.2, 0.25) is 0 Å². The van der Waals surface area contributed by atoms with Gasteiger partial charge in [0.1, 0.15) is 13.2 Å². The lowest BCUT2D eigenvalue weighted by molar-refractivity contribution is -0.157. The van der Waals surface area contributed by atoms with E-state index in [-0.39, 0.29) is 45.1 Å². The fraction of sp³-hybridized carbons (Fsp3) is 0.351. The third-order valence-electron chi connectivity index (χ3n) is 7.88. The largest absolute Gasteiger partial charge is 0.463 e. The molecule has 0 aromatic heterocycles. The average molecular weight is 627 g/mol. The molecule has 1 heterocycles. The van der Waals surface area contributed by atoms with Gasteiger partial charge in [-0.05, 0) is 42.4 Å². The molecular formula is C37H42N2O7. The number of aliphatic hydroxyl groups excluding tert-OH is 1. The highest BCUT2D eigenvalue weighted by Crippen LogP contribution is 2.20. The number of hydrogen-bond donors (Lipinski definition) is 2. The van der Waals surface area contributed by atoms with Crippen LogP contribution in [0.5, 0.6) is 0 Å². The fourth-order valence-corrected chi connectivity index (χ4v) is 5.29. The van der Waals surface area contributed by atoms with Crippen LogP contribution in [0.25, 0.3) is 0 Å². The third kappa shape index (κ3) is 11.0. The second-order valence-corrected chi connectivity index (χ2v) is 11.4. The van der Waals surface area contributed by atoms with E-state index in [0.717, 1.165) is 16.7 Å². The molecule has 46 heavy (non-hydrogen) atoms. The molecule has 0 radical (unpaired) electrons. The molecule has 4 rings (SSSR count). The number of aliphatic hydroxyl groups is 1. The molecule has 2 N–H and O–H groups in total. The molecule has 1 aliphatic rings. The van der Waals surface area contributed by atoms with Crippen LogP contribution in [-0.2, 0) is 48.2 Å². The Morgan fingerprint density at radius 1 is 0.848 bits per heavy atom. The van der Waals surface area contributed by atoms with E-state index in [1.807, 2.05) is 103 Å². The summed E-state index contributed by atoms with van der Waals surface area (Å²) < 4.78 is 11.2. The first-order chi connectivity index (χ1) is 22.4. The second kappa shape index (κ2) is 18.3. The maximum atomic E-state index is 13.7. The molecule has 0 bridgehead atoms. The van der Waals surface area contributed by atoms with E-state index in [2.05, 4.69) is 5.32 Å². The van der Waals surface area contributed by atoms with E-state index in [1.54, 1.807) is 0 Å². The minimum absolute atomic E-state index is 0.0170. The SMILES string of the molecule is O=C1NC(C(=O)OCc2ccccc2)COC(=O)C(Cc2ccccc2)CCC=CCC1CC(=O)N(CCO)Cc1ccccc1. The first-order valence-electron chi connectivity index (χ1n) is 15.7. The van der Waals surface area contributed by atoms with Crippen LogP contribution in [-0.4, -0.2) is 59.6 Å². The van der Waals surface area contributed by atoms with Crippen molar-refractivity contribution in [3.63, 3.8) is 0 Å². The number of benzene rings is 3. The molecule has 3 atom stereocenters. The van der Waals surface area contributed by atoms with Gasteiger partial charge in [0.2, 0.25) is 11.8 Å². The smallest absolute Gasteiger partial charge is 0.332 e. The maximum absolute atomic E-state index is 13.7. The number of carbonyl (C=O) groups is 4. The second-order valence-electron chi connectivity index (χ2n) is 11.4. The monoisotopic (exact) mass is 626 g/mol. The van der Waals surface area contributed by atoms with E-state index >= 15 is 0 Å². The summed E-state index contributed by atoms with van der Waals surface area (Å²) in [6.07, 6.45) is 5.43. The van der Waals surface area contributed by atoms with Gasteiger partial charge in [0.05, 0.1) is 18.4 Å². The average Bonchev–Trinajstić information content (AvgIpc) is 3.09. The molecule has 0 saturated carbocycles. The van der Waals surface area contributed by atoms with Crippen LogP contribution in [0.15, 0.2) is 103 Å². The molecular weight excluding hydrogens is 584 g/mol. The van der Waals surface area contributed by atoms with E-state index in [9.17, 15) is 24.3 Å². The van der Waals surface area contributed by atoms with E-state index in [0.29, 0.717) is 19.3 Å². The van der Waals surface area contributed by atoms with Crippen LogP contribution in [0.3, 0.4) is 0 Å². The lowest BCUT2D eigenvalue weighted by Crippen LogP contribution is -2.48. The van der Waals surface area contributed by atoms with Crippen LogP contribution in [0, 0.1) is 11.8 Å². The van der Waals surface area contributed by atoms with Crippen molar-refractivity contribution >= 4 is 23.8 Å². The number of rotatable bonds is 11. The van der Waals surface area contributed by atoms with Crippen molar-refractivity contribution in [1.29, 1.82) is 0 Å². The number of allylic oxidation sites excluding steroid dienone is 2. The Kier molecular flexibility index (Phi) is 13.5. The van der Waals surface area contributed by atoms with Gasteiger partial charge in [-0.15, -0.1) is 0 Å². The number of hydrogen-bond acceptors (Lipinski definition) is 7. The molecule has 3 aromatic rings. The third-order valence-corrected chi connectivity index (χ3v) is 7.88. The highest BCUT2D eigenvalue weighted by molar-refractivity contribution is 5.89. The molecule has 9 nitrogen and oxygen atoms in total. The molecule has 2 amide bonds. The van der Waals surface area contributed by atoms with Gasteiger partial charge in [-0.2, -0.15) is 0 Å². The topological polar surface area (TPSA) is 122 Å². The molecule has 0 aliphatic carbocycles. The Balaban J connectivity index is 1.52. The first-order valence-corrected chi connectivity index (χ1v) is 15.7. The Hall–Kier alpha value is -4.76. The van der Waals surface area contributed by atoms with Crippen molar-refractivity contribution in [2.75, 3.05) is 19.8 Å². The summed E-state index contributed by atoms with van der Waals surface area (Å²) in [6, 6.07) is 26.9. The van der Waals surface area contributed by atoms with Gasteiger partial charge in [-0.3, -0.25) is 14.4 Å². The van der Waals surface area contributed by atoms with Crippen molar-refractivity contribution in [2.45, 2.75) is 51.3 Å². The van der Waals surface area contributed by atoms with Gasteiger partial charge in [-0.1, -0.05) is 103 Å². The number of cyclic esters (lactones) is 1. The van der Waals surface area contributed by atoms with Gasteiger partial charge in [0, 0.05) is 19.5 Å². The number of esters is 2. The number of nitrogens with zero attached hydrogens (tertiary/aromatic N) is 1. The van der Waals surface area contributed by atoms with Gasteiger partial charge in [0.25, 0.3) is 0 Å². The van der Waals surface area contributed by atoms with Crippen LogP contribution >= 0.6 is 0 Å². The fourth-order valence-electron chi connectivity index (χ4n) is 5.29. The van der Waals surface area contributed by atoms with Crippen LogP contribution in [0.4, 0.5) is 0 Å². The van der Waals surface area contributed by atoms with E-state index in [1.165, 1.54) is 4.90 Å². The van der Waals surface area contributed by atoms with Gasteiger partial charge < -0.3 is 24.8 Å². The quantitative estimate of drug-likeness (QED) is 0.239. The lowest BCUT2D eigenvalue weighted by atomic mass is 9.94. The molecule has 1 aliphatic heterocycles. The predicted octanol–water partition coefficient (Wildman–Crippen LogP) is 4.38. The van der Waals surface area contributed by atoms with Gasteiger partial charge in [0.15, 0.2) is 6.04 Å². The number of ether oxygens (including phenoxy) is 2. The highest BCUT2D eigenvalue weighted by Gasteiger charge is 2.31. The minimum atomic E-state index is -1.27. The van der Waals surface area contributed by atoms with Crippen LogP contribution < -0.4 is 5.32 Å². The molecule has 3 aromatic carbocycles. The summed E-state index contributed by atoms with van der Waals surface area (Å²) in [7, 11) is 0. The zero-order valence-corrected chi connectivity index (χ0v) is 26.0. The van der Waals surface area contributed by atoms with Crippen molar-refractivity contribution in [3.8, 4) is 0 Å². The van der Waals surface area contributed by atoms with Crippen molar-refractivity contribution in [1.82, 2.24) is 10.2 Å². The standard InChI is InChI=1S/C37H42N2O7/c40-22-21-39(25-29-15-7-2-8-16-29)34(41)24-31-19-11-4-12-20-32(23-28-13-5-1-6-14-28)36(43)46-27-33(38-35(31)42)37(44)45-26-30-17-9-3-10-18-30/h1-11,13-18,31-33,40H,12,19-27H2,(H,38,42). The highest BCUT2D eigenvalue weighted by atomic mass is 16.6. The maximum Gasteiger partial charge on any atom is 0.332 e. The Morgan fingerprint density at radius 2 is 1.48 bits per heavy atom. The van der Waals surface area contributed by atoms with Crippen molar-refractivity contribution < 1.29 is 33.8 Å². The van der Waals surface area contributed by atoms with Crippen LogP contribution in [0.1, 0.15) is 42.4 Å². The molecule has 242 valence electrons. The van der Waals surface area contributed by atoms with E-state index in [4.69, 9.17) is 9.47 Å². The predicted molar refractivity (Wildman–Crippen MR) is 173 cm³/mol. The number of nitrogens with one attached hydrogen (secondary N) is 1. The minimum Gasteiger partial charge on any atom is -0.463 e. The summed E-state index contributed by atoms with van der Waals surface area (Å²) in [5, 5.41) is 12.4. The van der Waals surface area contributed by atoms with Crippen molar-refractivity contribution in [2.24, 2.45) is 11.8 Å². The molecule has 0 saturated heterocycles.